The summed E-state index contributed by atoms with van der Waals surface area (Å²) < 4.78 is 18.5. The molecule has 2 atom stereocenters. The lowest BCUT2D eigenvalue weighted by atomic mass is 10.1. The molecule has 0 aromatic heterocycles. The van der Waals surface area contributed by atoms with Crippen molar-refractivity contribution < 1.29 is 23.8 Å². The van der Waals surface area contributed by atoms with Crippen LogP contribution in [0.15, 0.2) is 18.2 Å². The van der Waals surface area contributed by atoms with Gasteiger partial charge < -0.3 is 20.1 Å². The van der Waals surface area contributed by atoms with E-state index in [0.29, 0.717) is 13.0 Å². The van der Waals surface area contributed by atoms with Gasteiger partial charge in [-0.25, -0.2) is 4.39 Å². The van der Waals surface area contributed by atoms with Gasteiger partial charge in [-0.15, -0.1) is 0 Å². The van der Waals surface area contributed by atoms with Crippen LogP contribution in [-0.4, -0.2) is 47.6 Å². The highest BCUT2D eigenvalue weighted by atomic mass is 19.1. The monoisotopic (exact) mass is 324 g/mol. The second kappa shape index (κ2) is 7.41. The van der Waals surface area contributed by atoms with Crippen molar-refractivity contribution in [1.82, 2.24) is 10.2 Å². The number of halogens is 1. The van der Waals surface area contributed by atoms with E-state index < -0.39 is 5.97 Å². The molecule has 126 valence electrons. The number of carbonyl (C=O) groups is 2. The number of benzene rings is 1. The van der Waals surface area contributed by atoms with Gasteiger partial charge in [0.2, 0.25) is 5.91 Å². The van der Waals surface area contributed by atoms with E-state index in [1.807, 2.05) is 11.0 Å². The number of aliphatic carboxylic acids is 1. The predicted molar refractivity (Wildman–Crippen MR) is 81.6 cm³/mol. The molecule has 0 bridgehead atoms. The first kappa shape index (κ1) is 17.2. The number of likely N-dealkylation sites (tertiary alicyclic amines) is 1. The van der Waals surface area contributed by atoms with Gasteiger partial charge in [-0.1, -0.05) is 6.07 Å². The normalized spacial score (nSPS) is 22.4. The first-order valence-electron chi connectivity index (χ1n) is 7.47. The Morgan fingerprint density at radius 3 is 2.83 bits per heavy atom. The average molecular weight is 324 g/mol. The zero-order valence-electron chi connectivity index (χ0n) is 13.2. The van der Waals surface area contributed by atoms with E-state index in [9.17, 15) is 9.18 Å². The summed E-state index contributed by atoms with van der Waals surface area (Å²) in [4.78, 5) is 22.8. The quantitative estimate of drug-likeness (QED) is 0.878. The fraction of sp³-hybridized carbons (Fsp3) is 0.500. The number of hydrogen-bond acceptors (Lipinski definition) is 4. The Morgan fingerprint density at radius 1 is 1.52 bits per heavy atom. The molecule has 1 amide bonds. The van der Waals surface area contributed by atoms with E-state index in [1.165, 1.54) is 13.2 Å². The molecule has 0 radical (unpaired) electrons. The Bertz CT molecular complexity index is 589. The van der Waals surface area contributed by atoms with Gasteiger partial charge in [-0.05, 0) is 30.7 Å². The summed E-state index contributed by atoms with van der Waals surface area (Å²) in [5.74, 6) is -0.830. The van der Waals surface area contributed by atoms with Crippen LogP contribution >= 0.6 is 0 Å². The van der Waals surface area contributed by atoms with Crippen molar-refractivity contribution in [3.63, 3.8) is 0 Å². The van der Waals surface area contributed by atoms with Gasteiger partial charge in [-0.3, -0.25) is 9.59 Å². The van der Waals surface area contributed by atoms with E-state index in [-0.39, 0.29) is 29.6 Å². The lowest BCUT2D eigenvalue weighted by Gasteiger charge is -2.23. The molecule has 0 unspecified atom stereocenters. The Labute approximate surface area is 134 Å². The summed E-state index contributed by atoms with van der Waals surface area (Å²) in [5.41, 5.74) is 0.805. The van der Waals surface area contributed by atoms with E-state index >= 15 is 0 Å². The zero-order chi connectivity index (χ0) is 17.0. The van der Waals surface area contributed by atoms with Crippen molar-refractivity contribution >= 4 is 11.9 Å². The molecule has 0 saturated carbocycles. The number of carbonyl (C=O) groups excluding carboxylic acids is 1. The van der Waals surface area contributed by atoms with Gasteiger partial charge in [0.15, 0.2) is 11.6 Å². The minimum Gasteiger partial charge on any atom is -0.494 e. The molecule has 23 heavy (non-hydrogen) atoms. The maximum Gasteiger partial charge on any atom is 0.300 e. The van der Waals surface area contributed by atoms with E-state index in [0.717, 1.165) is 25.5 Å². The lowest BCUT2D eigenvalue weighted by molar-refractivity contribution is -0.134. The highest BCUT2D eigenvalue weighted by molar-refractivity contribution is 5.80. The molecule has 7 heteroatoms. The van der Waals surface area contributed by atoms with Crippen LogP contribution in [0, 0.1) is 5.82 Å². The summed E-state index contributed by atoms with van der Waals surface area (Å²) in [6.45, 7) is 2.51. The number of fused-ring (bicyclic) bond motifs is 1. The fourth-order valence-corrected chi connectivity index (χ4v) is 3.04. The molecule has 2 fully saturated rings. The third-order valence-electron chi connectivity index (χ3n) is 4.00. The molecule has 2 N–H and O–H groups in total. The van der Waals surface area contributed by atoms with Crippen LogP contribution in [0.4, 0.5) is 4.39 Å². The highest BCUT2D eigenvalue weighted by Gasteiger charge is 2.42. The van der Waals surface area contributed by atoms with E-state index in [4.69, 9.17) is 14.6 Å². The van der Waals surface area contributed by atoms with Crippen LogP contribution in [0.2, 0.25) is 0 Å². The number of amides is 1. The fourth-order valence-electron chi connectivity index (χ4n) is 3.04. The molecule has 2 heterocycles. The summed E-state index contributed by atoms with van der Waals surface area (Å²) in [6, 6.07) is 5.40. The van der Waals surface area contributed by atoms with Crippen molar-refractivity contribution in [3.8, 4) is 5.75 Å². The highest BCUT2D eigenvalue weighted by Crippen LogP contribution is 2.28. The van der Waals surface area contributed by atoms with Crippen LogP contribution in [0.25, 0.3) is 0 Å². The third kappa shape index (κ3) is 4.19. The van der Waals surface area contributed by atoms with Gasteiger partial charge in [0.05, 0.1) is 7.11 Å². The maximum absolute atomic E-state index is 13.6. The maximum atomic E-state index is 13.6. The summed E-state index contributed by atoms with van der Waals surface area (Å²) >= 11 is 0. The first-order chi connectivity index (χ1) is 10.9. The second-order valence-corrected chi connectivity index (χ2v) is 5.63. The van der Waals surface area contributed by atoms with Crippen LogP contribution in [0.3, 0.4) is 0 Å². The Balaban J connectivity index is 0.000000433. The van der Waals surface area contributed by atoms with Crippen molar-refractivity contribution in [2.75, 3.05) is 13.7 Å². The minimum atomic E-state index is -0.833. The van der Waals surface area contributed by atoms with Crippen molar-refractivity contribution in [1.29, 1.82) is 0 Å². The SMILES string of the molecule is CC(=O)O.COc1ccc(CN2C(=O)C[C@H]3NCC[C@H]32)cc1F. The van der Waals surface area contributed by atoms with Gasteiger partial charge >= 0.3 is 0 Å². The molecular weight excluding hydrogens is 303 g/mol. The van der Waals surface area contributed by atoms with Crippen LogP contribution < -0.4 is 10.1 Å². The lowest BCUT2D eigenvalue weighted by Crippen LogP contribution is -2.35. The largest absolute Gasteiger partial charge is 0.494 e. The number of nitrogens with zero attached hydrogens (tertiary/aromatic N) is 1. The molecular formula is C16H21FN2O4. The van der Waals surface area contributed by atoms with E-state index in [2.05, 4.69) is 5.32 Å². The molecule has 2 aliphatic heterocycles. The molecule has 0 aliphatic carbocycles. The number of nitrogens with one attached hydrogen (secondary N) is 1. The Hall–Kier alpha value is -2.15. The van der Waals surface area contributed by atoms with Crippen molar-refractivity contribution in [2.24, 2.45) is 0 Å². The number of ether oxygens (including phenoxy) is 1. The molecule has 0 spiro atoms. The van der Waals surface area contributed by atoms with E-state index in [1.54, 1.807) is 6.07 Å². The number of carboxylic acid groups (broad SMARTS) is 1. The molecule has 2 aliphatic rings. The molecule has 6 nitrogen and oxygen atoms in total. The topological polar surface area (TPSA) is 78.9 Å². The number of rotatable bonds is 3. The third-order valence-corrected chi connectivity index (χ3v) is 4.00. The Kier molecular flexibility index (Phi) is 5.54. The number of hydrogen-bond donors (Lipinski definition) is 2. The second-order valence-electron chi connectivity index (χ2n) is 5.63. The van der Waals surface area contributed by atoms with Crippen molar-refractivity contribution in [3.05, 3.63) is 29.6 Å². The standard InChI is InChI=1S/C14H17FN2O2.C2H4O2/c1-19-13-3-2-9(6-10(13)15)8-17-12-4-5-16-11(12)7-14(17)18;1-2(3)4/h2-3,6,11-12,16H,4-5,7-8H2,1H3;1H3,(H,3,4)/t11-,12-;/m1./s1. The summed E-state index contributed by atoms with van der Waals surface area (Å²) in [6.07, 6.45) is 1.54. The summed E-state index contributed by atoms with van der Waals surface area (Å²) in [7, 11) is 1.44. The smallest absolute Gasteiger partial charge is 0.300 e. The Morgan fingerprint density at radius 2 is 2.22 bits per heavy atom. The molecule has 3 rings (SSSR count). The van der Waals surface area contributed by atoms with Gasteiger partial charge in [0, 0.05) is 32.0 Å². The zero-order valence-corrected chi connectivity index (χ0v) is 13.2. The van der Waals surface area contributed by atoms with Crippen LogP contribution in [0.1, 0.15) is 25.3 Å². The predicted octanol–water partition coefficient (Wildman–Crippen LogP) is 1.39. The number of carboxylic acids is 1. The molecule has 1 aromatic rings. The first-order valence-corrected chi connectivity index (χ1v) is 7.47. The van der Waals surface area contributed by atoms with Crippen LogP contribution in [0.5, 0.6) is 5.75 Å². The van der Waals surface area contributed by atoms with Crippen molar-refractivity contribution in [2.45, 2.75) is 38.4 Å². The molecule has 1 aromatic carbocycles. The summed E-state index contributed by atoms with van der Waals surface area (Å²) in [5, 5.41) is 10.8. The molecule has 2 saturated heterocycles. The van der Waals surface area contributed by atoms with Gasteiger partial charge in [-0.2, -0.15) is 0 Å². The van der Waals surface area contributed by atoms with Crippen LogP contribution in [-0.2, 0) is 16.1 Å². The minimum absolute atomic E-state index is 0.151. The number of methoxy groups -OCH3 is 1. The van der Waals surface area contributed by atoms with Gasteiger partial charge in [0.25, 0.3) is 5.97 Å². The van der Waals surface area contributed by atoms with Gasteiger partial charge in [0.1, 0.15) is 0 Å². The average Bonchev–Trinajstić information content (AvgIpc) is 3.02.